The van der Waals surface area contributed by atoms with Gasteiger partial charge in [-0.1, -0.05) is 24.2 Å². The highest BCUT2D eigenvalue weighted by Crippen LogP contribution is 2.35. The van der Waals surface area contributed by atoms with Crippen molar-refractivity contribution in [2.45, 2.75) is 37.6 Å². The minimum Gasteiger partial charge on any atom is -0.494 e. The first kappa shape index (κ1) is 24.5. The van der Waals surface area contributed by atoms with Gasteiger partial charge in [0, 0.05) is 18.3 Å². The monoisotopic (exact) mass is 551 g/mol. The Balaban J connectivity index is 1.48. The normalized spacial score (nSPS) is 17.7. The van der Waals surface area contributed by atoms with E-state index in [0.717, 1.165) is 16.6 Å². The van der Waals surface area contributed by atoms with Gasteiger partial charge in [-0.25, -0.2) is 4.79 Å². The number of carbonyl (C=O) groups is 3. The molecule has 0 spiro atoms. The largest absolute Gasteiger partial charge is 0.494 e. The van der Waals surface area contributed by atoms with Gasteiger partial charge in [-0.3, -0.25) is 9.59 Å². The average Bonchev–Trinajstić information content (AvgIpc) is 3.39. The zero-order valence-electron chi connectivity index (χ0n) is 18.7. The molecule has 4 rings (SSSR count). The summed E-state index contributed by atoms with van der Waals surface area (Å²) in [6.07, 6.45) is 2.30. The van der Waals surface area contributed by atoms with E-state index >= 15 is 0 Å². The molecule has 34 heavy (non-hydrogen) atoms. The lowest BCUT2D eigenvalue weighted by molar-refractivity contribution is -0.122. The van der Waals surface area contributed by atoms with Crippen molar-refractivity contribution < 1.29 is 28.6 Å². The maximum atomic E-state index is 13.3. The predicted molar refractivity (Wildman–Crippen MR) is 132 cm³/mol. The summed E-state index contributed by atoms with van der Waals surface area (Å²) < 4.78 is 17.1. The Kier molecular flexibility index (Phi) is 7.74. The molecule has 11 heteroatoms. The number of nitrogens with zero attached hydrogens (tertiary/aromatic N) is 1. The minimum atomic E-state index is -1.06. The van der Waals surface area contributed by atoms with Crippen LogP contribution in [0.15, 0.2) is 34.1 Å². The predicted octanol–water partition coefficient (Wildman–Crippen LogP) is 4.31. The Hall–Kier alpha value is -2.63. The zero-order valence-corrected chi connectivity index (χ0v) is 21.1. The molecule has 9 nitrogen and oxygen atoms in total. The van der Waals surface area contributed by atoms with Crippen molar-refractivity contribution in [3.8, 4) is 10.8 Å². The quantitative estimate of drug-likeness (QED) is 0.554. The highest BCUT2D eigenvalue weighted by molar-refractivity contribution is 9.11. The van der Waals surface area contributed by atoms with Crippen LogP contribution in [-0.4, -0.2) is 50.3 Å². The second-order valence-corrected chi connectivity index (χ2v) is 10.5. The van der Waals surface area contributed by atoms with Crippen LogP contribution in [0.2, 0.25) is 0 Å². The van der Waals surface area contributed by atoms with Crippen LogP contribution >= 0.6 is 27.3 Å². The summed E-state index contributed by atoms with van der Waals surface area (Å²) in [7, 11) is 1.52. The molecule has 1 aliphatic heterocycles. The molecule has 2 N–H and O–H groups in total. The van der Waals surface area contributed by atoms with E-state index in [1.807, 2.05) is 0 Å². The first-order valence-corrected chi connectivity index (χ1v) is 12.6. The van der Waals surface area contributed by atoms with Gasteiger partial charge in [0.25, 0.3) is 0 Å². The number of anilines is 2. The lowest BCUT2D eigenvalue weighted by Gasteiger charge is -2.28. The lowest BCUT2D eigenvalue weighted by atomic mass is 9.96. The molecule has 2 aromatic rings. The molecule has 0 atom stereocenters. The van der Waals surface area contributed by atoms with Gasteiger partial charge in [0.15, 0.2) is 5.06 Å². The average molecular weight is 552 g/mol. The molecule has 0 unspecified atom stereocenters. The molecule has 2 heterocycles. The summed E-state index contributed by atoms with van der Waals surface area (Å²) in [5, 5.41) is 6.14. The minimum absolute atomic E-state index is 0.0435. The van der Waals surface area contributed by atoms with Crippen LogP contribution in [-0.2, 0) is 14.3 Å². The molecule has 1 saturated heterocycles. The summed E-state index contributed by atoms with van der Waals surface area (Å²) >= 11 is 4.62. The Morgan fingerprint density at radius 1 is 1.18 bits per heavy atom. The molecule has 0 radical (unpaired) electrons. The van der Waals surface area contributed by atoms with Crippen molar-refractivity contribution >= 4 is 56.5 Å². The van der Waals surface area contributed by atoms with Crippen LogP contribution in [0.1, 0.15) is 32.1 Å². The van der Waals surface area contributed by atoms with Crippen LogP contribution in [0.5, 0.6) is 10.8 Å². The number of hydrogen-bond acceptors (Lipinski definition) is 7. The van der Waals surface area contributed by atoms with E-state index in [4.69, 9.17) is 14.2 Å². The second kappa shape index (κ2) is 10.7. The number of halogens is 1. The van der Waals surface area contributed by atoms with Gasteiger partial charge in [-0.15, -0.1) is 0 Å². The summed E-state index contributed by atoms with van der Waals surface area (Å²) in [5.74, 6) is 0.102. The fourth-order valence-corrected chi connectivity index (χ4v) is 5.41. The smallest absolute Gasteiger partial charge is 0.414 e. The van der Waals surface area contributed by atoms with E-state index < -0.39 is 11.6 Å². The molecule has 3 amide bonds. The molecule has 1 aliphatic carbocycles. The molecular formula is C23H26BrN3O6S. The number of rotatable bonds is 6. The van der Waals surface area contributed by atoms with Crippen molar-refractivity contribution in [2.75, 3.05) is 37.1 Å². The fraction of sp³-hybridized carbons (Fsp3) is 0.435. The van der Waals surface area contributed by atoms with E-state index in [2.05, 4.69) is 26.6 Å². The van der Waals surface area contributed by atoms with Crippen molar-refractivity contribution in [3.05, 3.63) is 34.1 Å². The first-order chi connectivity index (χ1) is 16.4. The molecule has 1 aromatic carbocycles. The van der Waals surface area contributed by atoms with Crippen molar-refractivity contribution in [2.24, 2.45) is 0 Å². The molecule has 2 fully saturated rings. The van der Waals surface area contributed by atoms with E-state index in [1.165, 1.54) is 18.4 Å². The molecule has 2 aliphatic rings. The van der Waals surface area contributed by atoms with Crippen LogP contribution < -0.4 is 25.0 Å². The van der Waals surface area contributed by atoms with Crippen molar-refractivity contribution in [1.82, 2.24) is 5.32 Å². The van der Waals surface area contributed by atoms with Crippen LogP contribution in [0.4, 0.5) is 16.2 Å². The number of nitrogens with one attached hydrogen (secondary N) is 2. The number of carbonyl (C=O) groups excluding carboxylic acids is 3. The third-order valence-electron chi connectivity index (χ3n) is 5.92. The first-order valence-electron chi connectivity index (χ1n) is 11.0. The SMILES string of the molecule is COc1cc(NC(=O)C2(NC(=O)Oc3ccc(Br)s3)CCCC2)ccc1N1CCOCCC1=O. The summed E-state index contributed by atoms with van der Waals surface area (Å²) in [4.78, 5) is 39.9. The van der Waals surface area contributed by atoms with E-state index in [-0.39, 0.29) is 11.8 Å². The zero-order chi connectivity index (χ0) is 24.1. The third-order valence-corrected chi connectivity index (χ3v) is 7.43. The number of benzene rings is 1. The van der Waals surface area contributed by atoms with E-state index in [9.17, 15) is 14.4 Å². The van der Waals surface area contributed by atoms with Crippen molar-refractivity contribution in [3.63, 3.8) is 0 Å². The highest BCUT2D eigenvalue weighted by Gasteiger charge is 2.43. The highest BCUT2D eigenvalue weighted by atomic mass is 79.9. The van der Waals surface area contributed by atoms with Gasteiger partial charge >= 0.3 is 6.09 Å². The Bertz CT molecular complexity index is 1070. The standard InChI is InChI=1S/C23H26BrN3O6S/c1-31-17-14-15(4-5-16(17)27-11-13-32-12-8-19(27)28)25-21(29)23(9-2-3-10-23)26-22(30)33-20-7-6-18(24)34-20/h4-7,14H,2-3,8-13H2,1H3,(H,25,29)(H,26,30). The van der Waals surface area contributed by atoms with Crippen molar-refractivity contribution in [1.29, 1.82) is 0 Å². The second-order valence-electron chi connectivity index (χ2n) is 8.11. The van der Waals surface area contributed by atoms with E-state index in [0.29, 0.717) is 61.2 Å². The van der Waals surface area contributed by atoms with Crippen LogP contribution in [0, 0.1) is 0 Å². The van der Waals surface area contributed by atoms with E-state index in [1.54, 1.807) is 35.2 Å². The molecule has 1 saturated carbocycles. The number of thiophene rings is 1. The fourth-order valence-electron chi connectivity index (χ4n) is 4.21. The maximum Gasteiger partial charge on any atom is 0.414 e. The van der Waals surface area contributed by atoms with Gasteiger partial charge in [-0.05, 0) is 53.0 Å². The maximum absolute atomic E-state index is 13.3. The molecular weight excluding hydrogens is 526 g/mol. The third kappa shape index (κ3) is 5.53. The number of ether oxygens (including phenoxy) is 3. The van der Waals surface area contributed by atoms with Gasteiger partial charge in [0.2, 0.25) is 11.8 Å². The van der Waals surface area contributed by atoms with Gasteiger partial charge in [0.05, 0.1) is 36.2 Å². The topological polar surface area (TPSA) is 106 Å². The molecule has 1 aromatic heterocycles. The van der Waals surface area contributed by atoms with Gasteiger partial charge in [0.1, 0.15) is 11.3 Å². The molecule has 182 valence electrons. The van der Waals surface area contributed by atoms with Crippen LogP contribution in [0.3, 0.4) is 0 Å². The lowest BCUT2D eigenvalue weighted by Crippen LogP contribution is -2.55. The summed E-state index contributed by atoms with van der Waals surface area (Å²) in [6.45, 7) is 1.27. The summed E-state index contributed by atoms with van der Waals surface area (Å²) in [5.41, 5.74) is 0.0680. The molecule has 0 bridgehead atoms. The summed E-state index contributed by atoms with van der Waals surface area (Å²) in [6, 6.07) is 8.62. The van der Waals surface area contributed by atoms with Gasteiger partial charge in [-0.2, -0.15) is 0 Å². The Morgan fingerprint density at radius 2 is 1.97 bits per heavy atom. The Morgan fingerprint density at radius 3 is 2.68 bits per heavy atom. The Labute approximate surface area is 209 Å². The number of amides is 3. The number of hydrogen-bond donors (Lipinski definition) is 2. The number of methoxy groups -OCH3 is 1. The van der Waals surface area contributed by atoms with Gasteiger partial charge < -0.3 is 29.7 Å². The van der Waals surface area contributed by atoms with Crippen LogP contribution in [0.25, 0.3) is 0 Å².